The molecule has 1 heterocycles. The fourth-order valence-electron chi connectivity index (χ4n) is 0.358. The number of rotatable bonds is 0. The van der Waals surface area contributed by atoms with Gasteiger partial charge in [0.1, 0.15) is 9.48 Å². The Balaban J connectivity index is 0.000000261. The zero-order chi connectivity index (χ0) is 9.56. The zero-order valence-corrected chi connectivity index (χ0v) is 10.6. The first kappa shape index (κ1) is 12.0. The molecule has 1 aromatic rings. The van der Waals surface area contributed by atoms with Crippen LogP contribution in [0.25, 0.3) is 0 Å². The maximum Gasteiger partial charge on any atom is 0.126 e. The van der Waals surface area contributed by atoms with Crippen LogP contribution < -0.4 is 0 Å². The van der Waals surface area contributed by atoms with E-state index in [0.29, 0.717) is 0 Å². The van der Waals surface area contributed by atoms with Crippen LogP contribution in [0.5, 0.6) is 0 Å². The van der Waals surface area contributed by atoms with Gasteiger partial charge in [-0.2, -0.15) is 0 Å². The summed E-state index contributed by atoms with van der Waals surface area (Å²) in [5.41, 5.74) is 0. The van der Waals surface area contributed by atoms with E-state index >= 15 is 0 Å². The minimum absolute atomic E-state index is 0.167. The van der Waals surface area contributed by atoms with Gasteiger partial charge < -0.3 is 4.79 Å². The molecular weight excluding hydrogens is 335 g/mol. The summed E-state index contributed by atoms with van der Waals surface area (Å²) < 4.78 is 2.05. The third-order valence-electron chi connectivity index (χ3n) is 0.691. The topological polar surface area (TPSA) is 30.0 Å². The molecule has 0 aromatic carbocycles. The summed E-state index contributed by atoms with van der Waals surface area (Å²) >= 11 is 5.44. The standard InChI is InChI=1S/C5H3BrIN.C3H6O/c6-4-1-2-5(7)8-3-4;1-3(2)4/h1-3H;1-2H3/i;1+1,3+1. The maximum absolute atomic E-state index is 9.44. The van der Waals surface area contributed by atoms with Crippen LogP contribution >= 0.6 is 38.5 Å². The van der Waals surface area contributed by atoms with Crippen LogP contribution in [0, 0.1) is 3.70 Å². The molecule has 12 heavy (non-hydrogen) atoms. The summed E-state index contributed by atoms with van der Waals surface area (Å²) in [4.78, 5) is 13.5. The normalized spacial score (nSPS) is 8.33. The van der Waals surface area contributed by atoms with Crippen LogP contribution in [-0.2, 0) is 4.79 Å². The van der Waals surface area contributed by atoms with Crippen molar-refractivity contribution in [3.05, 3.63) is 26.5 Å². The third kappa shape index (κ3) is 8.13. The Morgan fingerprint density at radius 2 is 2.00 bits per heavy atom. The molecule has 0 N–H and O–H groups in total. The number of Topliss-reactive ketones (excluding diaryl/α,β-unsaturated/α-hetero) is 1. The molecule has 0 aliphatic carbocycles. The number of halogens is 2. The highest BCUT2D eigenvalue weighted by atomic mass is 127. The summed E-state index contributed by atoms with van der Waals surface area (Å²) in [7, 11) is 0. The Hall–Kier alpha value is 0.0300. The monoisotopic (exact) mass is 343 g/mol. The molecule has 0 unspecified atom stereocenters. The highest BCUT2D eigenvalue weighted by Crippen LogP contribution is 2.07. The van der Waals surface area contributed by atoms with Gasteiger partial charge in [-0.25, -0.2) is 4.98 Å². The Bertz CT molecular complexity index is 223. The summed E-state index contributed by atoms with van der Waals surface area (Å²) in [5.74, 6) is 0.167. The first-order valence-corrected chi connectivity index (χ1v) is 5.14. The number of carbonyl (C=O) groups excluding carboxylic acids is 1. The van der Waals surface area contributed by atoms with Crippen molar-refractivity contribution in [1.82, 2.24) is 4.98 Å². The molecule has 0 saturated heterocycles. The van der Waals surface area contributed by atoms with Crippen LogP contribution in [0.1, 0.15) is 13.8 Å². The van der Waals surface area contributed by atoms with E-state index < -0.39 is 0 Å². The van der Waals surface area contributed by atoms with E-state index in [0.717, 1.165) is 8.17 Å². The molecule has 0 aliphatic rings. The van der Waals surface area contributed by atoms with Gasteiger partial charge in [0.25, 0.3) is 0 Å². The highest BCUT2D eigenvalue weighted by molar-refractivity contribution is 14.1. The number of ketones is 1. The number of pyridine rings is 1. The highest BCUT2D eigenvalue weighted by Gasteiger charge is 1.84. The van der Waals surface area contributed by atoms with E-state index in [1.165, 1.54) is 13.8 Å². The molecule has 1 rings (SSSR count). The lowest BCUT2D eigenvalue weighted by Gasteiger charge is -1.86. The third-order valence-corrected chi connectivity index (χ3v) is 1.80. The summed E-state index contributed by atoms with van der Waals surface area (Å²) in [6.07, 6.45) is 1.78. The average molecular weight is 344 g/mol. The molecule has 0 saturated carbocycles. The largest absolute Gasteiger partial charge is 0.300 e. The number of aromatic nitrogens is 1. The lowest BCUT2D eigenvalue weighted by molar-refractivity contribution is -0.114. The van der Waals surface area contributed by atoms with Gasteiger partial charge in [0.05, 0.1) is 0 Å². The van der Waals surface area contributed by atoms with Crippen molar-refractivity contribution in [1.29, 1.82) is 0 Å². The van der Waals surface area contributed by atoms with Crippen LogP contribution in [0.15, 0.2) is 22.8 Å². The van der Waals surface area contributed by atoms with Crippen molar-refractivity contribution in [3.63, 3.8) is 0 Å². The molecule has 2 nitrogen and oxygen atoms in total. The predicted octanol–water partition coefficient (Wildman–Crippen LogP) is 3.04. The molecule has 4 heteroatoms. The smallest absolute Gasteiger partial charge is 0.126 e. The number of hydrogen-bond donors (Lipinski definition) is 0. The molecule has 0 fully saturated rings. The molecule has 66 valence electrons. The van der Waals surface area contributed by atoms with E-state index in [1.807, 2.05) is 12.1 Å². The fourth-order valence-corrected chi connectivity index (χ4v) is 0.911. The zero-order valence-electron chi connectivity index (χ0n) is 6.84. The Morgan fingerprint density at radius 1 is 1.50 bits per heavy atom. The second-order valence-corrected chi connectivity index (χ2v) is 4.23. The molecule has 0 radical (unpaired) electrons. The van der Waals surface area contributed by atoms with Crippen molar-refractivity contribution < 1.29 is 4.79 Å². The van der Waals surface area contributed by atoms with Gasteiger partial charge in [-0.15, -0.1) is 0 Å². The van der Waals surface area contributed by atoms with E-state index in [1.54, 1.807) is 6.20 Å². The molecule has 0 aliphatic heterocycles. The molecule has 0 spiro atoms. The van der Waals surface area contributed by atoms with Crippen molar-refractivity contribution in [2.45, 2.75) is 13.8 Å². The number of nitrogens with zero attached hydrogens (tertiary/aromatic N) is 1. The van der Waals surface area contributed by atoms with Gasteiger partial charge in [-0.05, 0) is 64.5 Å². The quantitative estimate of drug-likeness (QED) is 0.411. The summed E-state index contributed by atoms with van der Waals surface area (Å²) in [6, 6.07) is 3.92. The van der Waals surface area contributed by atoms with Crippen LogP contribution in [0.2, 0.25) is 0 Å². The van der Waals surface area contributed by atoms with Gasteiger partial charge in [-0.1, -0.05) is 0 Å². The second-order valence-electron chi connectivity index (χ2n) is 2.21. The Kier molecular flexibility index (Phi) is 6.55. The lowest BCUT2D eigenvalue weighted by atomic mass is 10.5. The number of carbonyl (C=O) groups is 1. The van der Waals surface area contributed by atoms with E-state index in [4.69, 9.17) is 0 Å². The number of hydrogen-bond acceptors (Lipinski definition) is 2. The van der Waals surface area contributed by atoms with Crippen LogP contribution in [0.4, 0.5) is 0 Å². The van der Waals surface area contributed by atoms with Gasteiger partial charge in [0.2, 0.25) is 0 Å². The van der Waals surface area contributed by atoms with Crippen molar-refractivity contribution in [2.75, 3.05) is 0 Å². The second kappa shape index (κ2) is 6.54. The molecular formula is C8H9BrINO. The van der Waals surface area contributed by atoms with Gasteiger partial charge >= 0.3 is 0 Å². The van der Waals surface area contributed by atoms with Crippen molar-refractivity contribution >= 4 is 44.3 Å². The van der Waals surface area contributed by atoms with E-state index in [9.17, 15) is 4.79 Å². The van der Waals surface area contributed by atoms with Crippen LogP contribution in [-0.4, -0.2) is 10.8 Å². The van der Waals surface area contributed by atoms with Crippen molar-refractivity contribution in [3.8, 4) is 0 Å². The Morgan fingerprint density at radius 3 is 2.25 bits per heavy atom. The SMILES string of the molecule is Brc1ccc(I)nc1.C[13C]([13CH3])=O. The fraction of sp³-hybridized carbons (Fsp3) is 0.250. The molecule has 0 amide bonds. The Labute approximate surface area is 94.0 Å². The summed E-state index contributed by atoms with van der Waals surface area (Å²) in [6.45, 7) is 3.06. The van der Waals surface area contributed by atoms with Crippen molar-refractivity contribution in [2.24, 2.45) is 0 Å². The minimum Gasteiger partial charge on any atom is -0.300 e. The minimum atomic E-state index is 0.167. The first-order valence-electron chi connectivity index (χ1n) is 3.26. The molecule has 1 aromatic heterocycles. The summed E-state index contributed by atoms with van der Waals surface area (Å²) in [5, 5.41) is 0. The first-order chi connectivity index (χ1) is 5.52. The molecule has 0 atom stereocenters. The van der Waals surface area contributed by atoms with Gasteiger partial charge in [0, 0.05) is 10.7 Å². The van der Waals surface area contributed by atoms with Gasteiger partial charge in [-0.3, -0.25) is 0 Å². The molecule has 0 bridgehead atoms. The average Bonchev–Trinajstić information content (AvgIpc) is 1.94. The van der Waals surface area contributed by atoms with E-state index in [-0.39, 0.29) is 5.78 Å². The lowest BCUT2D eigenvalue weighted by Crippen LogP contribution is -1.74. The maximum atomic E-state index is 9.44. The van der Waals surface area contributed by atoms with Gasteiger partial charge in [0.15, 0.2) is 0 Å². The van der Waals surface area contributed by atoms with Crippen LogP contribution in [0.3, 0.4) is 0 Å². The van der Waals surface area contributed by atoms with E-state index in [2.05, 4.69) is 43.5 Å². The predicted molar refractivity (Wildman–Crippen MR) is 61.0 cm³/mol.